The van der Waals surface area contributed by atoms with Gasteiger partial charge in [0.15, 0.2) is 0 Å². The van der Waals surface area contributed by atoms with E-state index in [1.54, 1.807) is 0 Å². The van der Waals surface area contributed by atoms with Gasteiger partial charge >= 0.3 is 0 Å². The molecule has 3 heteroatoms. The van der Waals surface area contributed by atoms with Gasteiger partial charge in [0.1, 0.15) is 0 Å². The summed E-state index contributed by atoms with van der Waals surface area (Å²) in [6.07, 6.45) is 7.22. The molecule has 1 aliphatic heterocycles. The second-order valence-electron chi connectivity index (χ2n) is 7.53. The Balaban J connectivity index is 1.73. The lowest BCUT2D eigenvalue weighted by Gasteiger charge is -2.42. The number of hydrogen-bond acceptors (Lipinski definition) is 3. The highest BCUT2D eigenvalue weighted by molar-refractivity contribution is 4.86. The Morgan fingerprint density at radius 1 is 1.05 bits per heavy atom. The van der Waals surface area contributed by atoms with Gasteiger partial charge in [-0.2, -0.15) is 0 Å². The number of nitrogens with one attached hydrogen (secondary N) is 1. The van der Waals surface area contributed by atoms with E-state index < -0.39 is 0 Å². The second-order valence-corrected chi connectivity index (χ2v) is 7.53. The van der Waals surface area contributed by atoms with Crippen LogP contribution in [0.15, 0.2) is 0 Å². The van der Waals surface area contributed by atoms with Crippen LogP contribution in [0.5, 0.6) is 0 Å². The molecule has 0 spiro atoms. The Kier molecular flexibility index (Phi) is 5.27. The van der Waals surface area contributed by atoms with Gasteiger partial charge in [-0.3, -0.25) is 4.90 Å². The molecule has 0 aromatic rings. The molecule has 0 aromatic heterocycles. The predicted molar refractivity (Wildman–Crippen MR) is 80.3 cm³/mol. The summed E-state index contributed by atoms with van der Waals surface area (Å²) in [5, 5.41) is 13.8. The summed E-state index contributed by atoms with van der Waals surface area (Å²) < 4.78 is 0. The van der Waals surface area contributed by atoms with Crippen LogP contribution in [0.3, 0.4) is 0 Å². The average molecular weight is 268 g/mol. The molecule has 0 radical (unpaired) electrons. The fourth-order valence-corrected chi connectivity index (χ4v) is 3.46. The Morgan fingerprint density at radius 3 is 2.26 bits per heavy atom. The molecule has 112 valence electrons. The van der Waals surface area contributed by atoms with Crippen molar-refractivity contribution in [3.05, 3.63) is 0 Å². The number of hydrogen-bond donors (Lipinski definition) is 2. The summed E-state index contributed by atoms with van der Waals surface area (Å²) in [6.45, 7) is 10.2. The van der Waals surface area contributed by atoms with E-state index in [1.165, 1.54) is 45.2 Å². The molecule has 0 aromatic carbocycles. The standard InChI is InChI=1S/C16H32N2O/c1-16(2,3)17-12-13-8-10-18(11-9-13)14-6-4-5-7-15(14)19/h13-15,17,19H,4-12H2,1-3H3. The summed E-state index contributed by atoms with van der Waals surface area (Å²) >= 11 is 0. The normalized spacial score (nSPS) is 31.6. The SMILES string of the molecule is CC(C)(C)NCC1CCN(C2CCCCC2O)CC1. The molecule has 1 saturated heterocycles. The molecule has 1 saturated carbocycles. The van der Waals surface area contributed by atoms with Crippen molar-refractivity contribution in [2.24, 2.45) is 5.92 Å². The van der Waals surface area contributed by atoms with E-state index in [0.717, 1.165) is 18.9 Å². The van der Waals surface area contributed by atoms with Crippen molar-refractivity contribution in [1.82, 2.24) is 10.2 Å². The third kappa shape index (κ3) is 4.73. The number of piperidine rings is 1. The summed E-state index contributed by atoms with van der Waals surface area (Å²) in [4.78, 5) is 2.55. The largest absolute Gasteiger partial charge is 0.391 e. The van der Waals surface area contributed by atoms with Crippen LogP contribution in [-0.4, -0.2) is 47.3 Å². The second kappa shape index (κ2) is 6.55. The van der Waals surface area contributed by atoms with E-state index in [1.807, 2.05) is 0 Å². The molecule has 0 amide bonds. The molecule has 2 atom stereocenters. The van der Waals surface area contributed by atoms with Crippen molar-refractivity contribution in [2.75, 3.05) is 19.6 Å². The lowest BCUT2D eigenvalue weighted by atomic mass is 9.88. The molecule has 3 nitrogen and oxygen atoms in total. The van der Waals surface area contributed by atoms with Gasteiger partial charge in [-0.15, -0.1) is 0 Å². The molecule has 0 bridgehead atoms. The van der Waals surface area contributed by atoms with E-state index in [-0.39, 0.29) is 11.6 Å². The Morgan fingerprint density at radius 2 is 1.68 bits per heavy atom. The summed E-state index contributed by atoms with van der Waals surface area (Å²) in [7, 11) is 0. The van der Waals surface area contributed by atoms with Gasteiger partial charge in [-0.25, -0.2) is 0 Å². The van der Waals surface area contributed by atoms with Crippen LogP contribution >= 0.6 is 0 Å². The molecule has 2 aliphatic rings. The minimum Gasteiger partial charge on any atom is -0.391 e. The molecule has 19 heavy (non-hydrogen) atoms. The Bertz CT molecular complexity index is 266. The van der Waals surface area contributed by atoms with Crippen molar-refractivity contribution in [1.29, 1.82) is 0 Å². The fourth-order valence-electron chi connectivity index (χ4n) is 3.46. The van der Waals surface area contributed by atoms with Crippen LogP contribution in [0.1, 0.15) is 59.3 Å². The van der Waals surface area contributed by atoms with Crippen molar-refractivity contribution < 1.29 is 5.11 Å². The number of likely N-dealkylation sites (tertiary alicyclic amines) is 1. The summed E-state index contributed by atoms with van der Waals surface area (Å²) in [5.74, 6) is 0.816. The highest BCUT2D eigenvalue weighted by atomic mass is 16.3. The lowest BCUT2D eigenvalue weighted by molar-refractivity contribution is 0.00376. The smallest absolute Gasteiger partial charge is 0.0695 e. The zero-order valence-corrected chi connectivity index (χ0v) is 13.0. The lowest BCUT2D eigenvalue weighted by Crippen LogP contribution is -2.50. The van der Waals surface area contributed by atoms with Gasteiger partial charge in [0.2, 0.25) is 0 Å². The zero-order chi connectivity index (χ0) is 13.9. The number of aliphatic hydroxyl groups is 1. The van der Waals surface area contributed by atoms with E-state index in [0.29, 0.717) is 6.04 Å². The number of rotatable bonds is 3. The highest BCUT2D eigenvalue weighted by Crippen LogP contribution is 2.27. The zero-order valence-electron chi connectivity index (χ0n) is 13.0. The van der Waals surface area contributed by atoms with Crippen LogP contribution < -0.4 is 5.32 Å². The maximum Gasteiger partial charge on any atom is 0.0695 e. The highest BCUT2D eigenvalue weighted by Gasteiger charge is 2.31. The summed E-state index contributed by atoms with van der Waals surface area (Å²) in [6, 6.07) is 0.449. The predicted octanol–water partition coefficient (Wildman–Crippen LogP) is 2.39. The van der Waals surface area contributed by atoms with Crippen LogP contribution in [0.25, 0.3) is 0 Å². The van der Waals surface area contributed by atoms with Gasteiger partial charge in [-0.05, 0) is 72.0 Å². The van der Waals surface area contributed by atoms with Crippen molar-refractivity contribution in [3.8, 4) is 0 Å². The first-order valence-electron chi connectivity index (χ1n) is 8.13. The average Bonchev–Trinajstić information content (AvgIpc) is 2.37. The summed E-state index contributed by atoms with van der Waals surface area (Å²) in [5.41, 5.74) is 0.233. The Hall–Kier alpha value is -0.120. The van der Waals surface area contributed by atoms with Crippen LogP contribution in [0.2, 0.25) is 0 Å². The maximum absolute atomic E-state index is 10.1. The van der Waals surface area contributed by atoms with Gasteiger partial charge in [0.25, 0.3) is 0 Å². The Labute approximate surface area is 118 Å². The van der Waals surface area contributed by atoms with Crippen LogP contribution in [0.4, 0.5) is 0 Å². The molecule has 2 unspecified atom stereocenters. The first kappa shape index (κ1) is 15.3. The van der Waals surface area contributed by atoms with Crippen molar-refractivity contribution in [2.45, 2.75) is 77.0 Å². The van der Waals surface area contributed by atoms with E-state index in [2.05, 4.69) is 31.0 Å². The maximum atomic E-state index is 10.1. The molecule has 2 fully saturated rings. The van der Waals surface area contributed by atoms with Gasteiger partial charge < -0.3 is 10.4 Å². The van der Waals surface area contributed by atoms with E-state index in [9.17, 15) is 5.11 Å². The monoisotopic (exact) mass is 268 g/mol. The van der Waals surface area contributed by atoms with Crippen LogP contribution in [-0.2, 0) is 0 Å². The van der Waals surface area contributed by atoms with Gasteiger partial charge in [0, 0.05) is 11.6 Å². The quantitative estimate of drug-likeness (QED) is 0.825. The molecule has 1 heterocycles. The van der Waals surface area contributed by atoms with Crippen molar-refractivity contribution >= 4 is 0 Å². The molecule has 1 aliphatic carbocycles. The first-order valence-corrected chi connectivity index (χ1v) is 8.13. The molecule has 2 N–H and O–H groups in total. The molecule has 2 rings (SSSR count). The minimum absolute atomic E-state index is 0.0713. The van der Waals surface area contributed by atoms with E-state index >= 15 is 0 Å². The first-order chi connectivity index (χ1) is 8.96. The topological polar surface area (TPSA) is 35.5 Å². The fraction of sp³-hybridized carbons (Fsp3) is 1.00. The van der Waals surface area contributed by atoms with Gasteiger partial charge in [-0.1, -0.05) is 12.8 Å². The molecular formula is C16H32N2O. The number of nitrogens with zero attached hydrogens (tertiary/aromatic N) is 1. The van der Waals surface area contributed by atoms with Crippen LogP contribution in [0, 0.1) is 5.92 Å². The third-order valence-corrected chi connectivity index (χ3v) is 4.73. The van der Waals surface area contributed by atoms with Crippen molar-refractivity contribution in [3.63, 3.8) is 0 Å². The van der Waals surface area contributed by atoms with Gasteiger partial charge in [0.05, 0.1) is 6.10 Å². The minimum atomic E-state index is -0.0713. The third-order valence-electron chi connectivity index (χ3n) is 4.73. The van der Waals surface area contributed by atoms with E-state index in [4.69, 9.17) is 0 Å². The number of aliphatic hydroxyl groups excluding tert-OH is 1. The molecular weight excluding hydrogens is 236 g/mol.